The fourth-order valence-corrected chi connectivity index (χ4v) is 3.51. The first-order valence-electron chi connectivity index (χ1n) is 11.1. The number of nitrogens with one attached hydrogen (secondary N) is 1. The smallest absolute Gasteiger partial charge is 0.251 e. The van der Waals surface area contributed by atoms with E-state index >= 15 is 0 Å². The summed E-state index contributed by atoms with van der Waals surface area (Å²) in [5.41, 5.74) is 2.43. The monoisotopic (exact) mass is 445 g/mol. The number of benzene rings is 2. The molecule has 0 atom stereocenters. The molecule has 170 valence electrons. The van der Waals surface area contributed by atoms with Gasteiger partial charge in [0, 0.05) is 30.3 Å². The highest BCUT2D eigenvalue weighted by atomic mass is 16.5. The van der Waals surface area contributed by atoms with Gasteiger partial charge >= 0.3 is 0 Å². The first-order chi connectivity index (χ1) is 16.1. The van der Waals surface area contributed by atoms with Gasteiger partial charge in [0.15, 0.2) is 18.1 Å². The van der Waals surface area contributed by atoms with Gasteiger partial charge in [-0.25, -0.2) is 0 Å². The van der Waals surface area contributed by atoms with Crippen molar-refractivity contribution in [2.75, 3.05) is 13.7 Å². The molecule has 2 fully saturated rings. The summed E-state index contributed by atoms with van der Waals surface area (Å²) in [5.74, 6) is 0.888. The Morgan fingerprint density at radius 3 is 2.52 bits per heavy atom. The van der Waals surface area contributed by atoms with E-state index in [1.807, 2.05) is 41.3 Å². The minimum atomic E-state index is -0.0629. The molecule has 2 amide bonds. The third-order valence-corrected chi connectivity index (χ3v) is 5.65. The van der Waals surface area contributed by atoms with Crippen LogP contribution in [-0.2, 0) is 11.3 Å². The standard InChI is InChI=1S/C26H27N3O4/c1-32-24-16-18(4-12-23(24)33-15-14-27)5-13-25(30)29(22-10-11-22)17-19-2-6-20(7-3-19)26(31)28-21-8-9-21/h2-7,12-13,16,21-22H,8-11,15,17H2,1H3,(H,28,31)/b13-5+. The number of hydrogen-bond acceptors (Lipinski definition) is 5. The maximum absolute atomic E-state index is 13.0. The van der Waals surface area contributed by atoms with Crippen LogP contribution in [0.4, 0.5) is 0 Å². The van der Waals surface area contributed by atoms with Gasteiger partial charge in [-0.15, -0.1) is 0 Å². The summed E-state index contributed by atoms with van der Waals surface area (Å²) in [7, 11) is 1.53. The molecular formula is C26H27N3O4. The van der Waals surface area contributed by atoms with Crippen molar-refractivity contribution in [3.8, 4) is 17.6 Å². The molecule has 33 heavy (non-hydrogen) atoms. The van der Waals surface area contributed by atoms with Gasteiger partial charge in [0.05, 0.1) is 7.11 Å². The van der Waals surface area contributed by atoms with Gasteiger partial charge in [-0.3, -0.25) is 9.59 Å². The van der Waals surface area contributed by atoms with Crippen molar-refractivity contribution in [3.63, 3.8) is 0 Å². The predicted molar refractivity (Wildman–Crippen MR) is 124 cm³/mol. The molecule has 2 aromatic rings. The number of methoxy groups -OCH3 is 1. The van der Waals surface area contributed by atoms with Crippen molar-refractivity contribution >= 4 is 17.9 Å². The van der Waals surface area contributed by atoms with Crippen LogP contribution < -0.4 is 14.8 Å². The van der Waals surface area contributed by atoms with E-state index in [1.165, 1.54) is 7.11 Å². The number of ether oxygens (including phenoxy) is 2. The van der Waals surface area contributed by atoms with Gasteiger partial charge < -0.3 is 19.7 Å². The van der Waals surface area contributed by atoms with Crippen molar-refractivity contribution in [1.29, 1.82) is 5.26 Å². The topological polar surface area (TPSA) is 91.7 Å². The summed E-state index contributed by atoms with van der Waals surface area (Å²) in [6.45, 7) is 0.440. The summed E-state index contributed by atoms with van der Waals surface area (Å²) >= 11 is 0. The largest absolute Gasteiger partial charge is 0.493 e. The Labute approximate surface area is 193 Å². The first kappa shape index (κ1) is 22.4. The molecule has 2 saturated carbocycles. The van der Waals surface area contributed by atoms with E-state index < -0.39 is 0 Å². The Hall–Kier alpha value is -3.79. The van der Waals surface area contributed by atoms with Crippen LogP contribution >= 0.6 is 0 Å². The van der Waals surface area contributed by atoms with E-state index in [2.05, 4.69) is 5.32 Å². The quantitative estimate of drug-likeness (QED) is 0.563. The van der Waals surface area contributed by atoms with Crippen LogP contribution in [0, 0.1) is 11.3 Å². The summed E-state index contributed by atoms with van der Waals surface area (Å²) in [4.78, 5) is 27.0. The van der Waals surface area contributed by atoms with E-state index in [1.54, 1.807) is 24.3 Å². The third-order valence-electron chi connectivity index (χ3n) is 5.65. The molecule has 4 rings (SSSR count). The van der Waals surface area contributed by atoms with Crippen molar-refractivity contribution in [1.82, 2.24) is 10.2 Å². The molecule has 7 nitrogen and oxygen atoms in total. The lowest BCUT2D eigenvalue weighted by Gasteiger charge is -2.21. The van der Waals surface area contributed by atoms with E-state index in [4.69, 9.17) is 14.7 Å². The molecule has 0 heterocycles. The molecule has 0 spiro atoms. The fraction of sp³-hybridized carbons (Fsp3) is 0.346. The van der Waals surface area contributed by atoms with Gasteiger partial charge in [-0.05, 0) is 67.2 Å². The first-order valence-corrected chi connectivity index (χ1v) is 11.1. The van der Waals surface area contributed by atoms with Crippen molar-refractivity contribution in [2.45, 2.75) is 44.3 Å². The van der Waals surface area contributed by atoms with Crippen molar-refractivity contribution < 1.29 is 19.1 Å². The van der Waals surface area contributed by atoms with Gasteiger partial charge in [0.25, 0.3) is 5.91 Å². The van der Waals surface area contributed by atoms with Crippen molar-refractivity contribution in [3.05, 3.63) is 65.2 Å². The highest BCUT2D eigenvalue weighted by molar-refractivity contribution is 5.94. The summed E-state index contributed by atoms with van der Waals surface area (Å²) in [5, 5.41) is 11.7. The number of carbonyl (C=O) groups is 2. The molecule has 2 aliphatic carbocycles. The van der Waals surface area contributed by atoms with Gasteiger partial charge in [-0.2, -0.15) is 5.26 Å². The summed E-state index contributed by atoms with van der Waals surface area (Å²) in [6.07, 6.45) is 7.43. The third kappa shape index (κ3) is 6.13. The average molecular weight is 446 g/mol. The Morgan fingerprint density at radius 1 is 1.12 bits per heavy atom. The highest BCUT2D eigenvalue weighted by Crippen LogP contribution is 2.30. The lowest BCUT2D eigenvalue weighted by atomic mass is 10.1. The number of nitrogens with zero attached hydrogens (tertiary/aromatic N) is 2. The lowest BCUT2D eigenvalue weighted by Crippen LogP contribution is -2.31. The van der Waals surface area contributed by atoms with Gasteiger partial charge in [0.2, 0.25) is 5.91 Å². The summed E-state index contributed by atoms with van der Waals surface area (Å²) < 4.78 is 10.7. The highest BCUT2D eigenvalue weighted by Gasteiger charge is 2.31. The van der Waals surface area contributed by atoms with Crippen LogP contribution in [0.25, 0.3) is 6.08 Å². The van der Waals surface area contributed by atoms with Gasteiger partial charge in [0.1, 0.15) is 6.07 Å². The van der Waals surface area contributed by atoms with Gasteiger partial charge in [-0.1, -0.05) is 18.2 Å². The Morgan fingerprint density at radius 2 is 1.88 bits per heavy atom. The minimum Gasteiger partial charge on any atom is -0.493 e. The Balaban J connectivity index is 1.40. The van der Waals surface area contributed by atoms with Crippen LogP contribution in [0.2, 0.25) is 0 Å². The van der Waals surface area contributed by atoms with Crippen molar-refractivity contribution in [2.24, 2.45) is 0 Å². The molecule has 0 saturated heterocycles. The van der Waals surface area contributed by atoms with Crippen LogP contribution in [0.5, 0.6) is 11.5 Å². The molecule has 7 heteroatoms. The van der Waals surface area contributed by atoms with Crippen LogP contribution in [0.3, 0.4) is 0 Å². The van der Waals surface area contributed by atoms with E-state index in [0.717, 1.165) is 36.8 Å². The van der Waals surface area contributed by atoms with Crippen LogP contribution in [0.15, 0.2) is 48.5 Å². The number of carbonyl (C=O) groups excluding carboxylic acids is 2. The SMILES string of the molecule is COc1cc(/C=C/C(=O)N(Cc2ccc(C(=O)NC3CC3)cc2)C2CC2)ccc1OCC#N. The zero-order valence-electron chi connectivity index (χ0n) is 18.6. The molecule has 2 aromatic carbocycles. The fourth-order valence-electron chi connectivity index (χ4n) is 3.51. The Kier molecular flexibility index (Phi) is 6.94. The van der Waals surface area contributed by atoms with E-state index in [-0.39, 0.29) is 24.5 Å². The number of rotatable bonds is 10. The molecule has 0 unspecified atom stereocenters. The maximum atomic E-state index is 13.0. The second-order valence-corrected chi connectivity index (χ2v) is 8.33. The number of hydrogen-bond donors (Lipinski definition) is 1. The molecular weight excluding hydrogens is 418 g/mol. The lowest BCUT2D eigenvalue weighted by molar-refractivity contribution is -0.127. The number of amides is 2. The molecule has 0 aliphatic heterocycles. The molecule has 0 bridgehead atoms. The number of nitriles is 1. The second-order valence-electron chi connectivity index (χ2n) is 8.33. The zero-order chi connectivity index (χ0) is 23.2. The predicted octanol–water partition coefficient (Wildman–Crippen LogP) is 3.69. The normalized spacial score (nSPS) is 15.0. The molecule has 0 aromatic heterocycles. The molecule has 0 radical (unpaired) electrons. The second kappa shape index (κ2) is 10.2. The minimum absolute atomic E-state index is 0.0402. The Bertz CT molecular complexity index is 1080. The molecule has 2 aliphatic rings. The van der Waals surface area contributed by atoms with E-state index in [0.29, 0.717) is 29.6 Å². The van der Waals surface area contributed by atoms with Crippen LogP contribution in [0.1, 0.15) is 47.2 Å². The zero-order valence-corrected chi connectivity index (χ0v) is 18.6. The van der Waals surface area contributed by atoms with E-state index in [9.17, 15) is 9.59 Å². The maximum Gasteiger partial charge on any atom is 0.251 e. The summed E-state index contributed by atoms with van der Waals surface area (Å²) in [6, 6.07) is 15.3. The molecule has 1 N–H and O–H groups in total. The van der Waals surface area contributed by atoms with Crippen LogP contribution in [-0.4, -0.2) is 42.5 Å². The average Bonchev–Trinajstić information content (AvgIpc) is 3.75.